The van der Waals surface area contributed by atoms with Crippen LogP contribution >= 0.6 is 0 Å². The Morgan fingerprint density at radius 2 is 2.00 bits per heavy atom. The van der Waals surface area contributed by atoms with Gasteiger partial charge in [-0.2, -0.15) is 6.54 Å². The Morgan fingerprint density at radius 3 is 2.00 bits per heavy atom. The van der Waals surface area contributed by atoms with E-state index in [4.69, 9.17) is 0 Å². The summed E-state index contributed by atoms with van der Waals surface area (Å²) in [5.74, 6) is 0. The Morgan fingerprint density at radius 1 is 1.57 bits per heavy atom. The van der Waals surface area contributed by atoms with Gasteiger partial charge in [0.1, 0.15) is 0 Å². The zero-order valence-corrected chi connectivity index (χ0v) is 5.31. The third-order valence-corrected chi connectivity index (χ3v) is 0.404. The predicted octanol–water partition coefficient (Wildman–Crippen LogP) is -2.10. The summed E-state index contributed by atoms with van der Waals surface area (Å²) in [6.07, 6.45) is 1.75. The van der Waals surface area contributed by atoms with Gasteiger partial charge in [0.2, 0.25) is 0 Å². The van der Waals surface area contributed by atoms with Crippen molar-refractivity contribution in [1.29, 1.82) is 0 Å². The van der Waals surface area contributed by atoms with Gasteiger partial charge in [-0.15, -0.1) is 0 Å². The van der Waals surface area contributed by atoms with Crippen LogP contribution in [0.2, 0.25) is 0 Å². The average Bonchev–Trinajstić information content (AvgIpc) is 1.35. The molecule has 0 aromatic carbocycles. The summed E-state index contributed by atoms with van der Waals surface area (Å²) in [5.41, 5.74) is 0. The molecular formula is C5H10LiN. The van der Waals surface area contributed by atoms with Crippen LogP contribution < -0.4 is 18.9 Å². The number of likely N-dealkylation sites (N-methyl/N-ethyl adjacent to an activating group) is 1. The van der Waals surface area contributed by atoms with Gasteiger partial charge < -0.3 is 4.90 Å². The van der Waals surface area contributed by atoms with Crippen molar-refractivity contribution in [2.45, 2.75) is 0 Å². The zero-order valence-electron chi connectivity index (χ0n) is 5.31. The van der Waals surface area contributed by atoms with Crippen LogP contribution in [0.4, 0.5) is 0 Å². The summed E-state index contributed by atoms with van der Waals surface area (Å²) < 4.78 is 0. The second kappa shape index (κ2) is 6.17. The molecule has 0 spiro atoms. The minimum atomic E-state index is 0. The van der Waals surface area contributed by atoms with E-state index < -0.39 is 0 Å². The molecule has 2 heteroatoms. The Hall–Kier alpha value is 0.167. The number of hydrogen-bond donors (Lipinski definition) is 0. The van der Waals surface area contributed by atoms with Crippen LogP contribution in [0.25, 0.3) is 0 Å². The molecule has 0 aromatic rings. The third kappa shape index (κ3) is 10.7. The fraction of sp³-hybridized carbons (Fsp3) is 0.400. The number of rotatable bonds is 2. The predicted molar refractivity (Wildman–Crippen MR) is 28.2 cm³/mol. The summed E-state index contributed by atoms with van der Waals surface area (Å²) in [7, 11) is 3.92. The van der Waals surface area contributed by atoms with Crippen molar-refractivity contribution in [2.24, 2.45) is 0 Å². The van der Waals surface area contributed by atoms with Gasteiger partial charge in [-0.3, -0.25) is 0 Å². The maximum Gasteiger partial charge on any atom is 1.00 e. The van der Waals surface area contributed by atoms with Gasteiger partial charge in [0.05, 0.1) is 0 Å². The molecule has 0 saturated heterocycles. The van der Waals surface area contributed by atoms with E-state index in [0.29, 0.717) is 0 Å². The molecule has 0 saturated carbocycles. The van der Waals surface area contributed by atoms with Crippen molar-refractivity contribution in [2.75, 3.05) is 14.1 Å². The van der Waals surface area contributed by atoms with Crippen molar-refractivity contribution in [3.05, 3.63) is 19.2 Å². The van der Waals surface area contributed by atoms with E-state index in [2.05, 4.69) is 6.58 Å². The molecule has 0 radical (unpaired) electrons. The van der Waals surface area contributed by atoms with Crippen molar-refractivity contribution in [3.8, 4) is 0 Å². The van der Waals surface area contributed by atoms with Crippen molar-refractivity contribution < 1.29 is 18.9 Å². The molecule has 0 aliphatic heterocycles. The van der Waals surface area contributed by atoms with Crippen LogP contribution in [-0.2, 0) is 0 Å². The van der Waals surface area contributed by atoms with E-state index in [1.54, 1.807) is 6.08 Å². The van der Waals surface area contributed by atoms with Crippen molar-refractivity contribution in [3.63, 3.8) is 0 Å². The van der Waals surface area contributed by atoms with Crippen LogP contribution in [0, 0.1) is 6.54 Å². The van der Waals surface area contributed by atoms with Crippen LogP contribution in [0.15, 0.2) is 12.7 Å². The molecule has 0 unspecified atom stereocenters. The maximum absolute atomic E-state index is 3.50. The minimum Gasteiger partial charge on any atom is -0.365 e. The first-order valence-corrected chi connectivity index (χ1v) is 1.89. The van der Waals surface area contributed by atoms with E-state index in [9.17, 15) is 0 Å². The molecular weight excluding hydrogens is 81.0 g/mol. The molecule has 0 heterocycles. The SMILES string of the molecule is C=C[CH-]N(C)C.[Li+]. The van der Waals surface area contributed by atoms with Gasteiger partial charge in [-0.25, -0.2) is 12.7 Å². The summed E-state index contributed by atoms with van der Waals surface area (Å²) >= 11 is 0. The smallest absolute Gasteiger partial charge is 0.365 e. The van der Waals surface area contributed by atoms with E-state index in [-0.39, 0.29) is 18.9 Å². The van der Waals surface area contributed by atoms with Crippen molar-refractivity contribution >= 4 is 0 Å². The largest absolute Gasteiger partial charge is 1.00 e. The summed E-state index contributed by atoms with van der Waals surface area (Å²) in [6, 6.07) is 0. The Balaban J connectivity index is 0. The van der Waals surface area contributed by atoms with Gasteiger partial charge in [-0.05, 0) is 14.1 Å². The minimum absolute atomic E-state index is 0. The fourth-order valence-corrected chi connectivity index (χ4v) is 0.211. The normalized spacial score (nSPS) is 7.29. The first-order chi connectivity index (χ1) is 2.77. The molecule has 0 rings (SSSR count). The standard InChI is InChI=1S/C5H10N.Li/c1-4-5-6(2)3;/h4-5H,1H2,2-3H3;/q-1;+1. The quantitative estimate of drug-likeness (QED) is 0.278. The number of hydrogen-bond acceptors (Lipinski definition) is 1. The molecule has 0 bridgehead atoms. The van der Waals surface area contributed by atoms with Gasteiger partial charge >= 0.3 is 18.9 Å². The van der Waals surface area contributed by atoms with Gasteiger partial charge in [-0.1, -0.05) is 0 Å². The van der Waals surface area contributed by atoms with E-state index in [0.717, 1.165) is 0 Å². The van der Waals surface area contributed by atoms with Crippen LogP contribution in [0.5, 0.6) is 0 Å². The topological polar surface area (TPSA) is 3.24 Å². The maximum atomic E-state index is 3.50. The first kappa shape index (κ1) is 10.2. The van der Waals surface area contributed by atoms with E-state index in [1.165, 1.54) is 0 Å². The van der Waals surface area contributed by atoms with E-state index >= 15 is 0 Å². The summed E-state index contributed by atoms with van der Waals surface area (Å²) in [5, 5.41) is 0. The molecule has 0 aliphatic carbocycles. The fourth-order valence-electron chi connectivity index (χ4n) is 0.211. The van der Waals surface area contributed by atoms with Crippen molar-refractivity contribution in [1.82, 2.24) is 4.90 Å². The van der Waals surface area contributed by atoms with Gasteiger partial charge in [0, 0.05) is 0 Å². The molecule has 0 aromatic heterocycles. The molecule has 0 aliphatic rings. The number of nitrogens with zero attached hydrogens (tertiary/aromatic N) is 1. The molecule has 1 nitrogen and oxygen atoms in total. The molecule has 0 atom stereocenters. The zero-order chi connectivity index (χ0) is 4.99. The third-order valence-electron chi connectivity index (χ3n) is 0.404. The molecule has 0 N–H and O–H groups in total. The van der Waals surface area contributed by atoms with E-state index in [1.807, 2.05) is 25.5 Å². The summed E-state index contributed by atoms with van der Waals surface area (Å²) in [6.45, 7) is 5.39. The Kier molecular flexibility index (Phi) is 9.00. The first-order valence-electron chi connectivity index (χ1n) is 1.89. The van der Waals surface area contributed by atoms with Gasteiger partial charge in [0.15, 0.2) is 0 Å². The van der Waals surface area contributed by atoms with Crippen LogP contribution in [0.3, 0.4) is 0 Å². The molecule has 0 amide bonds. The monoisotopic (exact) mass is 91.1 g/mol. The molecule has 0 fully saturated rings. The molecule has 7 heavy (non-hydrogen) atoms. The average molecular weight is 91.1 g/mol. The molecule has 36 valence electrons. The second-order valence-electron chi connectivity index (χ2n) is 1.35. The van der Waals surface area contributed by atoms with Crippen LogP contribution in [-0.4, -0.2) is 19.0 Å². The Labute approximate surface area is 57.6 Å². The van der Waals surface area contributed by atoms with Gasteiger partial charge in [0.25, 0.3) is 0 Å². The summed E-state index contributed by atoms with van der Waals surface area (Å²) in [4.78, 5) is 1.94. The van der Waals surface area contributed by atoms with Crippen LogP contribution in [0.1, 0.15) is 0 Å². The second-order valence-corrected chi connectivity index (χ2v) is 1.35. The Bertz CT molecular complexity index is 43.3.